The van der Waals surface area contributed by atoms with Crippen molar-refractivity contribution in [3.63, 3.8) is 0 Å². The molecule has 0 saturated carbocycles. The molecule has 8 heteroatoms. The fourth-order valence-electron chi connectivity index (χ4n) is 3.74. The van der Waals surface area contributed by atoms with Gasteiger partial charge in [0.2, 0.25) is 0 Å². The van der Waals surface area contributed by atoms with Crippen LogP contribution in [0.5, 0.6) is 5.75 Å². The highest BCUT2D eigenvalue weighted by Crippen LogP contribution is 2.44. The number of hydrogen-bond acceptors (Lipinski definition) is 8. The molecule has 0 spiro atoms. The lowest BCUT2D eigenvalue weighted by atomic mass is 9.81. The third-order valence-electron chi connectivity index (χ3n) is 5.03. The molecule has 4 N–H and O–H groups in total. The summed E-state index contributed by atoms with van der Waals surface area (Å²) in [4.78, 5) is 24.1. The lowest BCUT2D eigenvalue weighted by molar-refractivity contribution is -0.152. The maximum absolute atomic E-state index is 12.2. The summed E-state index contributed by atoms with van der Waals surface area (Å²) in [6.45, 7) is 0.932. The fourth-order valence-corrected chi connectivity index (χ4v) is 3.74. The summed E-state index contributed by atoms with van der Waals surface area (Å²) < 4.78 is 10.7. The molecule has 1 aliphatic carbocycles. The molecule has 0 saturated heterocycles. The van der Waals surface area contributed by atoms with Crippen molar-refractivity contribution in [1.29, 1.82) is 0 Å². The fraction of sp³-hybridized carbons (Fsp3) is 0.579. The van der Waals surface area contributed by atoms with Crippen LogP contribution in [0, 0.1) is 0 Å². The normalized spacial score (nSPS) is 25.5. The van der Waals surface area contributed by atoms with Crippen LogP contribution in [-0.4, -0.2) is 57.6 Å². The summed E-state index contributed by atoms with van der Waals surface area (Å²) in [6, 6.07) is 1.72. The molecule has 0 fully saturated rings. The zero-order chi connectivity index (χ0) is 19.7. The first-order valence-corrected chi connectivity index (χ1v) is 9.01. The molecule has 148 valence electrons. The first kappa shape index (κ1) is 19.8. The number of esters is 1. The van der Waals surface area contributed by atoms with Gasteiger partial charge >= 0.3 is 5.97 Å². The largest absolute Gasteiger partial charge is 0.507 e. The van der Waals surface area contributed by atoms with Crippen molar-refractivity contribution in [2.45, 2.75) is 57.0 Å². The molecule has 1 aromatic rings. The molecule has 8 nitrogen and oxygen atoms in total. The lowest BCUT2D eigenvalue weighted by Gasteiger charge is -2.33. The number of Topliss-reactive ketones (excluding diaryl/α,β-unsaturated/α-hetero) is 1. The van der Waals surface area contributed by atoms with E-state index in [-0.39, 0.29) is 36.5 Å². The van der Waals surface area contributed by atoms with E-state index in [0.717, 1.165) is 5.56 Å². The predicted octanol–water partition coefficient (Wildman–Crippen LogP) is 0.691. The molecule has 2 unspecified atom stereocenters. The molecular weight excluding hydrogens is 356 g/mol. The standard InChI is InChI=1S/C19H24O8/c1-9-17-10(4-12(27-9)6-16(24)26-8-11(21)7-20)5-13-14(22)2-3-15(23)18(13)19(17)25/h5,9,11-12,14,20-22,25H,2-4,6-8H2,1H3/t9-,11?,12+,14?/m0/s1. The van der Waals surface area contributed by atoms with E-state index in [1.165, 1.54) is 0 Å². The Morgan fingerprint density at radius 1 is 1.44 bits per heavy atom. The summed E-state index contributed by atoms with van der Waals surface area (Å²) in [7, 11) is 0. The highest BCUT2D eigenvalue weighted by molar-refractivity contribution is 6.01. The Kier molecular flexibility index (Phi) is 5.81. The number of rotatable bonds is 5. The Labute approximate surface area is 156 Å². The van der Waals surface area contributed by atoms with Crippen LogP contribution in [0.4, 0.5) is 0 Å². The number of fused-ring (bicyclic) bond motifs is 2. The van der Waals surface area contributed by atoms with Crippen LogP contribution in [0.15, 0.2) is 6.07 Å². The van der Waals surface area contributed by atoms with Gasteiger partial charge in [-0.05, 0) is 30.9 Å². The van der Waals surface area contributed by atoms with E-state index in [1.807, 2.05) is 0 Å². The van der Waals surface area contributed by atoms with Crippen molar-refractivity contribution in [3.05, 3.63) is 28.3 Å². The molecule has 0 radical (unpaired) electrons. The second-order valence-corrected chi connectivity index (χ2v) is 7.07. The van der Waals surface area contributed by atoms with E-state index in [1.54, 1.807) is 13.0 Å². The summed E-state index contributed by atoms with van der Waals surface area (Å²) >= 11 is 0. The highest BCUT2D eigenvalue weighted by atomic mass is 16.5. The Morgan fingerprint density at radius 3 is 2.89 bits per heavy atom. The maximum Gasteiger partial charge on any atom is 0.308 e. The summed E-state index contributed by atoms with van der Waals surface area (Å²) in [5, 5.41) is 38.8. The number of benzene rings is 1. The number of hydrogen-bond donors (Lipinski definition) is 4. The van der Waals surface area contributed by atoms with Crippen LogP contribution in [0.3, 0.4) is 0 Å². The van der Waals surface area contributed by atoms with Gasteiger partial charge in [0, 0.05) is 12.0 Å². The molecule has 1 aliphatic heterocycles. The zero-order valence-corrected chi connectivity index (χ0v) is 15.1. The molecule has 0 aromatic heterocycles. The van der Waals surface area contributed by atoms with Gasteiger partial charge in [-0.15, -0.1) is 0 Å². The molecule has 2 aliphatic rings. The second kappa shape index (κ2) is 7.93. The van der Waals surface area contributed by atoms with Gasteiger partial charge < -0.3 is 29.9 Å². The van der Waals surface area contributed by atoms with Gasteiger partial charge in [0.15, 0.2) is 5.78 Å². The first-order valence-electron chi connectivity index (χ1n) is 9.01. The van der Waals surface area contributed by atoms with E-state index in [9.17, 15) is 24.9 Å². The lowest BCUT2D eigenvalue weighted by Crippen LogP contribution is -2.30. The van der Waals surface area contributed by atoms with Gasteiger partial charge in [-0.1, -0.05) is 6.07 Å². The third-order valence-corrected chi connectivity index (χ3v) is 5.03. The molecule has 27 heavy (non-hydrogen) atoms. The second-order valence-electron chi connectivity index (χ2n) is 7.07. The minimum Gasteiger partial charge on any atom is -0.507 e. The molecule has 0 amide bonds. The molecule has 1 heterocycles. The van der Waals surface area contributed by atoms with Crippen LogP contribution in [0.2, 0.25) is 0 Å². The van der Waals surface area contributed by atoms with Crippen LogP contribution in [-0.2, 0) is 20.7 Å². The topological polar surface area (TPSA) is 134 Å². The van der Waals surface area contributed by atoms with Gasteiger partial charge in [-0.2, -0.15) is 0 Å². The molecule has 4 atom stereocenters. The third kappa shape index (κ3) is 3.98. The number of phenolic OH excluding ortho intramolecular Hbond substituents is 1. The Bertz CT molecular complexity index is 744. The van der Waals surface area contributed by atoms with E-state index in [2.05, 4.69) is 0 Å². The highest BCUT2D eigenvalue weighted by Gasteiger charge is 2.35. The van der Waals surface area contributed by atoms with Crippen molar-refractivity contribution in [1.82, 2.24) is 0 Å². The van der Waals surface area contributed by atoms with Crippen molar-refractivity contribution in [3.8, 4) is 5.75 Å². The number of aromatic hydroxyl groups is 1. The quantitative estimate of drug-likeness (QED) is 0.548. The smallest absolute Gasteiger partial charge is 0.308 e. The molecule has 3 rings (SSSR count). The average Bonchev–Trinajstić information content (AvgIpc) is 2.62. The van der Waals surface area contributed by atoms with Gasteiger partial charge in [-0.3, -0.25) is 9.59 Å². The van der Waals surface area contributed by atoms with Crippen molar-refractivity contribution in [2.24, 2.45) is 0 Å². The molecular formula is C19H24O8. The zero-order valence-electron chi connectivity index (χ0n) is 15.1. The van der Waals surface area contributed by atoms with Crippen LogP contribution < -0.4 is 0 Å². The van der Waals surface area contributed by atoms with Crippen molar-refractivity contribution >= 4 is 11.8 Å². The minimum atomic E-state index is -1.12. The van der Waals surface area contributed by atoms with Gasteiger partial charge in [0.05, 0.1) is 36.9 Å². The number of carbonyl (C=O) groups is 2. The Balaban J connectivity index is 1.79. The number of aliphatic hydroxyl groups excluding tert-OH is 3. The SMILES string of the molecule is C[C@@H]1O[C@@H](CC(=O)OCC(O)CO)Cc2cc3c(c(O)c21)C(=O)CCC3O. The molecule has 0 bridgehead atoms. The van der Waals surface area contributed by atoms with E-state index < -0.39 is 37.0 Å². The van der Waals surface area contributed by atoms with Crippen LogP contribution >= 0.6 is 0 Å². The minimum absolute atomic E-state index is 0.0543. The summed E-state index contributed by atoms with van der Waals surface area (Å²) in [5.41, 5.74) is 1.83. The predicted molar refractivity (Wildman–Crippen MR) is 92.3 cm³/mol. The molecule has 1 aromatic carbocycles. The average molecular weight is 380 g/mol. The van der Waals surface area contributed by atoms with Gasteiger partial charge in [0.25, 0.3) is 0 Å². The van der Waals surface area contributed by atoms with Crippen molar-refractivity contribution < 1.29 is 39.5 Å². The monoisotopic (exact) mass is 380 g/mol. The van der Waals surface area contributed by atoms with E-state index >= 15 is 0 Å². The van der Waals surface area contributed by atoms with E-state index in [0.29, 0.717) is 24.0 Å². The number of carbonyl (C=O) groups excluding carboxylic acids is 2. The van der Waals surface area contributed by atoms with Gasteiger partial charge in [0.1, 0.15) is 18.5 Å². The number of ether oxygens (including phenoxy) is 2. The first-order chi connectivity index (χ1) is 12.8. The number of ketones is 1. The Morgan fingerprint density at radius 2 is 2.19 bits per heavy atom. The van der Waals surface area contributed by atoms with Crippen molar-refractivity contribution in [2.75, 3.05) is 13.2 Å². The maximum atomic E-state index is 12.2. The van der Waals surface area contributed by atoms with Crippen LogP contribution in [0.1, 0.15) is 65.4 Å². The van der Waals surface area contributed by atoms with Gasteiger partial charge in [-0.25, -0.2) is 0 Å². The van der Waals surface area contributed by atoms with Crippen LogP contribution in [0.25, 0.3) is 0 Å². The van der Waals surface area contributed by atoms with E-state index in [4.69, 9.17) is 14.6 Å². The Hall–Kier alpha value is -2.00. The summed E-state index contributed by atoms with van der Waals surface area (Å²) in [5.74, 6) is -0.915. The summed E-state index contributed by atoms with van der Waals surface area (Å²) in [6.07, 6.45) is -2.20. The number of aliphatic hydroxyl groups is 3. The number of phenols is 1.